The first-order valence-corrected chi connectivity index (χ1v) is 16.2. The highest BCUT2D eigenvalue weighted by Crippen LogP contribution is 2.27. The first kappa shape index (κ1) is 31.4. The summed E-state index contributed by atoms with van der Waals surface area (Å²) < 4.78 is 34.4. The summed E-state index contributed by atoms with van der Waals surface area (Å²) in [5.74, 6) is -0.186. The molecule has 8 nitrogen and oxygen atoms in total. The van der Waals surface area contributed by atoms with Gasteiger partial charge in [0.15, 0.2) is 0 Å². The van der Waals surface area contributed by atoms with Gasteiger partial charge >= 0.3 is 0 Å². The van der Waals surface area contributed by atoms with E-state index >= 15 is 0 Å². The summed E-state index contributed by atoms with van der Waals surface area (Å²) in [6.45, 7) is 3.61. The smallest absolute Gasteiger partial charge is 0.264 e. The van der Waals surface area contributed by atoms with Gasteiger partial charge in [0.2, 0.25) is 11.8 Å². The molecule has 10 heteroatoms. The summed E-state index contributed by atoms with van der Waals surface area (Å²) in [5.41, 5.74) is 1.07. The van der Waals surface area contributed by atoms with Crippen LogP contribution in [-0.2, 0) is 26.2 Å². The van der Waals surface area contributed by atoms with E-state index in [1.165, 1.54) is 17.0 Å². The number of rotatable bonds is 12. The van der Waals surface area contributed by atoms with Gasteiger partial charge in [0.25, 0.3) is 10.0 Å². The highest BCUT2D eigenvalue weighted by atomic mass is 35.5. The number of nitrogens with zero attached hydrogens (tertiary/aromatic N) is 2. The number of nitrogens with one attached hydrogen (secondary N) is 1. The van der Waals surface area contributed by atoms with E-state index in [2.05, 4.69) is 5.32 Å². The number of benzene rings is 3. The number of amides is 2. The number of carbonyl (C=O) groups excluding carboxylic acids is 2. The van der Waals surface area contributed by atoms with Gasteiger partial charge in [-0.15, -0.1) is 0 Å². The second-order valence-electron chi connectivity index (χ2n) is 10.4. The fraction of sp³-hybridized carbons (Fsp3) is 0.375. The van der Waals surface area contributed by atoms with Gasteiger partial charge < -0.3 is 15.0 Å². The van der Waals surface area contributed by atoms with E-state index in [1.54, 1.807) is 73.7 Å². The topological polar surface area (TPSA) is 96.0 Å². The molecule has 42 heavy (non-hydrogen) atoms. The molecule has 224 valence electrons. The minimum Gasteiger partial charge on any atom is -0.494 e. The predicted molar refractivity (Wildman–Crippen MR) is 165 cm³/mol. The third-order valence-corrected chi connectivity index (χ3v) is 9.47. The second-order valence-corrected chi connectivity index (χ2v) is 12.7. The summed E-state index contributed by atoms with van der Waals surface area (Å²) in [7, 11) is -4.13. The maximum atomic E-state index is 14.1. The lowest BCUT2D eigenvalue weighted by Gasteiger charge is -2.33. The molecule has 1 unspecified atom stereocenters. The van der Waals surface area contributed by atoms with Crippen LogP contribution in [0.3, 0.4) is 0 Å². The van der Waals surface area contributed by atoms with E-state index in [0.717, 1.165) is 42.0 Å². The van der Waals surface area contributed by atoms with Gasteiger partial charge in [0.1, 0.15) is 18.3 Å². The van der Waals surface area contributed by atoms with E-state index in [-0.39, 0.29) is 23.4 Å². The van der Waals surface area contributed by atoms with Crippen molar-refractivity contribution in [2.24, 2.45) is 0 Å². The summed E-state index contributed by atoms with van der Waals surface area (Å²) in [5, 5.41) is 3.66. The number of ether oxygens (including phenoxy) is 1. The molecule has 3 aromatic rings. The van der Waals surface area contributed by atoms with Crippen molar-refractivity contribution in [3.8, 4) is 5.75 Å². The number of anilines is 1. The van der Waals surface area contributed by atoms with Crippen LogP contribution in [0.4, 0.5) is 5.69 Å². The Labute approximate surface area is 253 Å². The lowest BCUT2D eigenvalue weighted by atomic mass is 9.95. The van der Waals surface area contributed by atoms with E-state index in [1.807, 2.05) is 6.92 Å². The molecule has 1 saturated carbocycles. The van der Waals surface area contributed by atoms with Crippen molar-refractivity contribution in [2.75, 3.05) is 17.5 Å². The number of sulfonamides is 1. The number of carbonyl (C=O) groups is 2. The summed E-state index contributed by atoms with van der Waals surface area (Å²) in [4.78, 5) is 29.0. The zero-order chi connectivity index (χ0) is 30.1. The monoisotopic (exact) mass is 611 g/mol. The molecular formula is C32H38ClN3O5S. The SMILES string of the molecule is CCOc1ccc(N(CC(=O)N(Cc2ccc(Cl)cc2)C(C)C(=O)NC2CCCCC2)S(=O)(=O)c2ccccc2)cc1. The summed E-state index contributed by atoms with van der Waals surface area (Å²) in [6.07, 6.45) is 5.08. The third kappa shape index (κ3) is 8.04. The van der Waals surface area contributed by atoms with E-state index in [9.17, 15) is 18.0 Å². The molecule has 4 rings (SSSR count). The Kier molecular flexibility index (Phi) is 10.9. The Morgan fingerprint density at radius 3 is 2.21 bits per heavy atom. The first-order chi connectivity index (χ1) is 20.2. The molecule has 1 fully saturated rings. The van der Waals surface area contributed by atoms with Gasteiger partial charge in [0, 0.05) is 17.6 Å². The Bertz CT molecular complexity index is 1430. The first-order valence-electron chi connectivity index (χ1n) is 14.3. The highest BCUT2D eigenvalue weighted by Gasteiger charge is 2.33. The predicted octanol–water partition coefficient (Wildman–Crippen LogP) is 5.80. The third-order valence-electron chi connectivity index (χ3n) is 7.43. The van der Waals surface area contributed by atoms with Gasteiger partial charge in [0.05, 0.1) is 17.2 Å². The normalized spacial score (nSPS) is 14.5. The molecule has 1 atom stereocenters. The molecule has 0 radical (unpaired) electrons. The van der Waals surface area contributed by atoms with E-state index < -0.39 is 28.5 Å². The van der Waals surface area contributed by atoms with Crippen molar-refractivity contribution < 1.29 is 22.7 Å². The van der Waals surface area contributed by atoms with Gasteiger partial charge in [-0.3, -0.25) is 13.9 Å². The van der Waals surface area contributed by atoms with Crippen LogP contribution in [0.25, 0.3) is 0 Å². The zero-order valence-corrected chi connectivity index (χ0v) is 25.6. The molecule has 2 amide bonds. The van der Waals surface area contributed by atoms with Gasteiger partial charge in [-0.2, -0.15) is 0 Å². The maximum absolute atomic E-state index is 14.1. The molecule has 0 aromatic heterocycles. The van der Waals surface area contributed by atoms with E-state index in [4.69, 9.17) is 16.3 Å². The molecule has 1 aliphatic carbocycles. The van der Waals surface area contributed by atoms with Crippen molar-refractivity contribution >= 4 is 39.1 Å². The van der Waals surface area contributed by atoms with Crippen LogP contribution in [0.15, 0.2) is 83.8 Å². The summed E-state index contributed by atoms with van der Waals surface area (Å²) in [6, 6.07) is 20.8. The quantitative estimate of drug-likeness (QED) is 0.279. The zero-order valence-electron chi connectivity index (χ0n) is 24.0. The minimum absolute atomic E-state index is 0.0547. The number of halogens is 1. The van der Waals surface area contributed by atoms with Crippen LogP contribution in [0.2, 0.25) is 5.02 Å². The molecule has 3 aromatic carbocycles. The molecule has 0 bridgehead atoms. The second kappa shape index (κ2) is 14.6. The highest BCUT2D eigenvalue weighted by molar-refractivity contribution is 7.92. The Hall–Kier alpha value is -3.56. The van der Waals surface area contributed by atoms with Crippen LogP contribution in [0, 0.1) is 0 Å². The number of hydrogen-bond acceptors (Lipinski definition) is 5. The maximum Gasteiger partial charge on any atom is 0.264 e. The fourth-order valence-corrected chi connectivity index (χ4v) is 6.62. The Balaban J connectivity index is 1.66. The standard InChI is InChI=1S/C32H38ClN3O5S/c1-3-41-29-20-18-28(19-21-29)36(42(39,40)30-12-8-5-9-13-30)23-31(37)35(22-25-14-16-26(33)17-15-25)24(2)32(38)34-27-10-6-4-7-11-27/h5,8-9,12-21,24,27H,3-4,6-7,10-11,22-23H2,1-2H3,(H,34,38). The van der Waals surface area contributed by atoms with Crippen molar-refractivity contribution in [1.29, 1.82) is 0 Å². The Morgan fingerprint density at radius 1 is 0.952 bits per heavy atom. The lowest BCUT2D eigenvalue weighted by molar-refractivity contribution is -0.139. The fourth-order valence-electron chi connectivity index (χ4n) is 5.06. The van der Waals surface area contributed by atoms with Crippen molar-refractivity contribution in [2.45, 2.75) is 69.5 Å². The lowest BCUT2D eigenvalue weighted by Crippen LogP contribution is -2.53. The van der Waals surface area contributed by atoms with Crippen LogP contribution in [-0.4, -0.2) is 50.4 Å². The van der Waals surface area contributed by atoms with Crippen molar-refractivity contribution in [3.05, 3.63) is 89.4 Å². The molecular weight excluding hydrogens is 574 g/mol. The van der Waals surface area contributed by atoms with E-state index in [0.29, 0.717) is 23.1 Å². The molecule has 1 aliphatic rings. The molecule has 1 N–H and O–H groups in total. The van der Waals surface area contributed by atoms with Crippen LogP contribution in [0.5, 0.6) is 5.75 Å². The average molecular weight is 612 g/mol. The van der Waals surface area contributed by atoms with Crippen molar-refractivity contribution in [1.82, 2.24) is 10.2 Å². The average Bonchev–Trinajstić information content (AvgIpc) is 3.00. The number of hydrogen-bond donors (Lipinski definition) is 1. The molecule has 0 spiro atoms. The van der Waals surface area contributed by atoms with Crippen molar-refractivity contribution in [3.63, 3.8) is 0 Å². The molecule has 0 aliphatic heterocycles. The van der Waals surface area contributed by atoms with Gasteiger partial charge in [-0.1, -0.05) is 61.2 Å². The van der Waals surface area contributed by atoms with Gasteiger partial charge in [-0.05, 0) is 80.8 Å². The Morgan fingerprint density at radius 2 is 1.60 bits per heavy atom. The van der Waals surface area contributed by atoms with Gasteiger partial charge in [-0.25, -0.2) is 8.42 Å². The largest absolute Gasteiger partial charge is 0.494 e. The molecule has 0 saturated heterocycles. The molecule has 0 heterocycles. The van der Waals surface area contributed by atoms with Crippen LogP contribution >= 0.6 is 11.6 Å². The van der Waals surface area contributed by atoms with Crippen LogP contribution in [0.1, 0.15) is 51.5 Å². The minimum atomic E-state index is -4.13. The summed E-state index contributed by atoms with van der Waals surface area (Å²) >= 11 is 6.08. The van der Waals surface area contributed by atoms with Crippen LogP contribution < -0.4 is 14.4 Å².